The van der Waals surface area contributed by atoms with E-state index in [4.69, 9.17) is 0 Å². The summed E-state index contributed by atoms with van der Waals surface area (Å²) in [5, 5.41) is 17.9. The summed E-state index contributed by atoms with van der Waals surface area (Å²) in [6, 6.07) is 10.9. The predicted molar refractivity (Wildman–Crippen MR) is 92.2 cm³/mol. The maximum atomic E-state index is 9.46. The average molecular weight is 304 g/mol. The normalized spacial score (nSPS) is 14.3. The second kappa shape index (κ2) is 6.21. The van der Waals surface area contributed by atoms with Gasteiger partial charge in [-0.05, 0) is 43.9 Å². The maximum Gasteiger partial charge on any atom is 0.169 e. The number of rotatable bonds is 2. The van der Waals surface area contributed by atoms with Crippen molar-refractivity contribution in [3.63, 3.8) is 0 Å². The van der Waals surface area contributed by atoms with Crippen LogP contribution in [0.25, 0.3) is 5.57 Å². The highest BCUT2D eigenvalue weighted by atomic mass is 15.3. The largest absolute Gasteiger partial charge is 0.350 e. The monoisotopic (exact) mass is 304 g/mol. The zero-order valence-corrected chi connectivity index (χ0v) is 13.8. The summed E-state index contributed by atoms with van der Waals surface area (Å²) >= 11 is 0. The van der Waals surface area contributed by atoms with Crippen molar-refractivity contribution in [1.82, 2.24) is 10.2 Å². The van der Waals surface area contributed by atoms with E-state index in [9.17, 15) is 5.26 Å². The van der Waals surface area contributed by atoms with Crippen molar-refractivity contribution in [2.24, 2.45) is 0 Å². The summed E-state index contributed by atoms with van der Waals surface area (Å²) in [6.07, 6.45) is 3.18. The third-order valence-electron chi connectivity index (χ3n) is 4.45. The van der Waals surface area contributed by atoms with Gasteiger partial charge in [0.25, 0.3) is 0 Å². The van der Waals surface area contributed by atoms with Gasteiger partial charge in [-0.3, -0.25) is 0 Å². The lowest BCUT2D eigenvalue weighted by Gasteiger charge is -2.28. The highest BCUT2D eigenvalue weighted by molar-refractivity contribution is 5.69. The summed E-state index contributed by atoms with van der Waals surface area (Å²) in [5.74, 6) is 0.704. The molecule has 0 amide bonds. The van der Waals surface area contributed by atoms with Crippen LogP contribution in [0.15, 0.2) is 30.3 Å². The molecule has 0 bridgehead atoms. The molecule has 1 aromatic carbocycles. The fourth-order valence-electron chi connectivity index (χ4n) is 2.92. The van der Waals surface area contributed by atoms with Crippen LogP contribution in [0.3, 0.4) is 0 Å². The lowest BCUT2D eigenvalue weighted by molar-refractivity contribution is 0.790. The second-order valence-electron chi connectivity index (χ2n) is 6.02. The molecule has 3 rings (SSSR count). The Labute approximate surface area is 137 Å². The Morgan fingerprint density at radius 1 is 1.17 bits per heavy atom. The molecular weight excluding hydrogens is 284 g/mol. The first kappa shape index (κ1) is 15.2. The summed E-state index contributed by atoms with van der Waals surface area (Å²) in [4.78, 5) is 2.14. The SMILES string of the molecule is Cc1cccc(C2=CCN(c3nnc(C)c(C)c3C#N)CC2)c1. The third-order valence-corrected chi connectivity index (χ3v) is 4.45. The lowest BCUT2D eigenvalue weighted by Crippen LogP contribution is -2.30. The third kappa shape index (κ3) is 2.95. The molecule has 2 heterocycles. The molecule has 0 saturated carbocycles. The van der Waals surface area contributed by atoms with E-state index in [0.717, 1.165) is 30.8 Å². The van der Waals surface area contributed by atoms with Gasteiger partial charge in [0.05, 0.1) is 5.69 Å². The molecule has 1 aliphatic rings. The maximum absolute atomic E-state index is 9.46. The van der Waals surface area contributed by atoms with Crippen LogP contribution < -0.4 is 4.90 Å². The Hall–Kier alpha value is -2.67. The van der Waals surface area contributed by atoms with Crippen LogP contribution in [0.5, 0.6) is 0 Å². The van der Waals surface area contributed by atoms with Crippen LogP contribution in [0.2, 0.25) is 0 Å². The first-order chi connectivity index (χ1) is 11.1. The van der Waals surface area contributed by atoms with Crippen molar-refractivity contribution in [3.05, 3.63) is 58.3 Å². The topological polar surface area (TPSA) is 52.8 Å². The van der Waals surface area contributed by atoms with E-state index in [2.05, 4.69) is 58.4 Å². The molecular formula is C19H20N4. The van der Waals surface area contributed by atoms with Gasteiger partial charge in [-0.25, -0.2) is 0 Å². The molecule has 1 aliphatic heterocycles. The number of aromatic nitrogens is 2. The van der Waals surface area contributed by atoms with Gasteiger partial charge in [0.2, 0.25) is 0 Å². The zero-order chi connectivity index (χ0) is 16.4. The molecule has 0 spiro atoms. The van der Waals surface area contributed by atoms with Gasteiger partial charge in [0, 0.05) is 13.1 Å². The number of benzene rings is 1. The molecule has 0 fully saturated rings. The fourth-order valence-corrected chi connectivity index (χ4v) is 2.92. The first-order valence-electron chi connectivity index (χ1n) is 7.85. The highest BCUT2D eigenvalue weighted by Crippen LogP contribution is 2.28. The quantitative estimate of drug-likeness (QED) is 0.851. The van der Waals surface area contributed by atoms with Crippen molar-refractivity contribution in [3.8, 4) is 6.07 Å². The van der Waals surface area contributed by atoms with Gasteiger partial charge in [0.15, 0.2) is 5.82 Å². The van der Waals surface area contributed by atoms with Gasteiger partial charge in [-0.1, -0.05) is 35.9 Å². The standard InChI is InChI=1S/C19H20N4/c1-13-5-4-6-17(11-13)16-7-9-23(10-8-16)19-18(12-20)14(2)15(3)21-22-19/h4-7,11H,8-10H2,1-3H3. The van der Waals surface area contributed by atoms with Crippen molar-refractivity contribution in [2.45, 2.75) is 27.2 Å². The molecule has 0 aliphatic carbocycles. The fraction of sp³-hybridized carbons (Fsp3) is 0.316. The van der Waals surface area contributed by atoms with Crippen LogP contribution in [0.1, 0.15) is 34.4 Å². The highest BCUT2D eigenvalue weighted by Gasteiger charge is 2.20. The van der Waals surface area contributed by atoms with Gasteiger partial charge in [-0.2, -0.15) is 10.4 Å². The second-order valence-corrected chi connectivity index (χ2v) is 6.02. The molecule has 0 N–H and O–H groups in total. The Morgan fingerprint density at radius 3 is 2.65 bits per heavy atom. The summed E-state index contributed by atoms with van der Waals surface area (Å²) in [5.41, 5.74) is 6.31. The minimum atomic E-state index is 0.643. The molecule has 0 unspecified atom stereocenters. The molecule has 0 saturated heterocycles. The van der Waals surface area contributed by atoms with Crippen molar-refractivity contribution < 1.29 is 0 Å². The van der Waals surface area contributed by atoms with Crippen LogP contribution in [0.4, 0.5) is 5.82 Å². The van der Waals surface area contributed by atoms with E-state index < -0.39 is 0 Å². The number of aryl methyl sites for hydroxylation is 2. The van der Waals surface area contributed by atoms with E-state index in [1.165, 1.54) is 16.7 Å². The van der Waals surface area contributed by atoms with Crippen molar-refractivity contribution in [2.75, 3.05) is 18.0 Å². The van der Waals surface area contributed by atoms with Crippen LogP contribution in [0, 0.1) is 32.1 Å². The van der Waals surface area contributed by atoms with Gasteiger partial charge < -0.3 is 4.90 Å². The van der Waals surface area contributed by atoms with Gasteiger partial charge in [0.1, 0.15) is 11.6 Å². The summed E-state index contributed by atoms with van der Waals surface area (Å²) < 4.78 is 0. The number of hydrogen-bond donors (Lipinski definition) is 0. The van der Waals surface area contributed by atoms with E-state index in [0.29, 0.717) is 11.4 Å². The Bertz CT molecular complexity index is 815. The van der Waals surface area contributed by atoms with Crippen LogP contribution >= 0.6 is 0 Å². The van der Waals surface area contributed by atoms with Crippen molar-refractivity contribution >= 4 is 11.4 Å². The molecule has 1 aromatic heterocycles. The number of anilines is 1. The average Bonchev–Trinajstić information content (AvgIpc) is 2.57. The molecule has 4 nitrogen and oxygen atoms in total. The van der Waals surface area contributed by atoms with Crippen LogP contribution in [-0.2, 0) is 0 Å². The molecule has 23 heavy (non-hydrogen) atoms. The van der Waals surface area contributed by atoms with E-state index in [1.807, 2.05) is 13.8 Å². The van der Waals surface area contributed by atoms with E-state index in [-0.39, 0.29) is 0 Å². The van der Waals surface area contributed by atoms with E-state index in [1.54, 1.807) is 0 Å². The molecule has 4 heteroatoms. The van der Waals surface area contributed by atoms with Gasteiger partial charge >= 0.3 is 0 Å². The molecule has 0 radical (unpaired) electrons. The van der Waals surface area contributed by atoms with Gasteiger partial charge in [-0.15, -0.1) is 5.10 Å². The Kier molecular flexibility index (Phi) is 4.12. The smallest absolute Gasteiger partial charge is 0.169 e. The first-order valence-corrected chi connectivity index (χ1v) is 7.85. The summed E-state index contributed by atoms with van der Waals surface area (Å²) in [6.45, 7) is 7.55. The zero-order valence-electron chi connectivity index (χ0n) is 13.8. The minimum absolute atomic E-state index is 0.643. The number of hydrogen-bond acceptors (Lipinski definition) is 4. The van der Waals surface area contributed by atoms with E-state index >= 15 is 0 Å². The minimum Gasteiger partial charge on any atom is -0.350 e. The molecule has 2 aromatic rings. The number of nitrogens with zero attached hydrogens (tertiary/aromatic N) is 4. The predicted octanol–water partition coefficient (Wildman–Crippen LogP) is 3.57. The lowest BCUT2D eigenvalue weighted by atomic mass is 9.98. The number of nitriles is 1. The Morgan fingerprint density at radius 2 is 2.00 bits per heavy atom. The van der Waals surface area contributed by atoms with Crippen molar-refractivity contribution in [1.29, 1.82) is 5.26 Å². The molecule has 0 atom stereocenters. The Balaban J connectivity index is 1.87. The van der Waals surface area contributed by atoms with Crippen LogP contribution in [-0.4, -0.2) is 23.3 Å². The molecule has 116 valence electrons. The summed E-state index contributed by atoms with van der Waals surface area (Å²) in [7, 11) is 0.